The Hall–Kier alpha value is -2.34. The predicted octanol–water partition coefficient (Wildman–Crippen LogP) is 2.72. The van der Waals surface area contributed by atoms with Crippen molar-refractivity contribution in [2.75, 3.05) is 14.2 Å². The Kier molecular flexibility index (Phi) is 4.81. The van der Waals surface area contributed by atoms with Gasteiger partial charge in [-0.2, -0.15) is 5.10 Å². The van der Waals surface area contributed by atoms with Crippen LogP contribution in [0.25, 0.3) is 0 Å². The van der Waals surface area contributed by atoms with Crippen LogP contribution in [0.3, 0.4) is 0 Å². The molecule has 0 saturated carbocycles. The Bertz CT molecular complexity index is 784. The molecule has 0 radical (unpaired) electrons. The molecule has 6 heteroatoms. The van der Waals surface area contributed by atoms with E-state index in [0.717, 1.165) is 22.6 Å². The fourth-order valence-electron chi connectivity index (χ4n) is 3.55. The summed E-state index contributed by atoms with van der Waals surface area (Å²) in [6, 6.07) is 7.73. The van der Waals surface area contributed by atoms with E-state index in [1.54, 1.807) is 23.7 Å². The van der Waals surface area contributed by atoms with Gasteiger partial charge in [0.25, 0.3) is 5.91 Å². The van der Waals surface area contributed by atoms with Gasteiger partial charge >= 0.3 is 0 Å². The van der Waals surface area contributed by atoms with E-state index in [0.29, 0.717) is 18.7 Å². The molecule has 1 aliphatic heterocycles. The van der Waals surface area contributed by atoms with Crippen molar-refractivity contribution in [3.63, 3.8) is 0 Å². The van der Waals surface area contributed by atoms with E-state index in [1.807, 2.05) is 45.2 Å². The van der Waals surface area contributed by atoms with Crippen molar-refractivity contribution in [1.82, 2.24) is 14.7 Å². The zero-order chi connectivity index (χ0) is 18.1. The minimum Gasteiger partial charge on any atom is -0.496 e. The molecular weight excluding hydrogens is 318 g/mol. The molecule has 0 saturated heterocycles. The lowest BCUT2D eigenvalue weighted by Crippen LogP contribution is -2.29. The summed E-state index contributed by atoms with van der Waals surface area (Å²) in [7, 11) is 5.30. The first-order valence-corrected chi connectivity index (χ1v) is 8.51. The molecule has 3 rings (SSSR count). The van der Waals surface area contributed by atoms with Crippen LogP contribution in [0.4, 0.5) is 0 Å². The standard InChI is InChI=1S/C19H25N3O3/c1-12-10-15-17(20-22(4)18(15)13(2)25-12)19(23)21(3)11-14-8-6-7-9-16(14)24-5/h6-9,12-13H,10-11H2,1-5H3/t12-,13+/m0/s1. The van der Waals surface area contributed by atoms with Crippen LogP contribution in [-0.2, 0) is 24.8 Å². The minimum atomic E-state index is -0.0796. The quantitative estimate of drug-likeness (QED) is 0.856. The molecule has 1 aromatic carbocycles. The molecule has 0 bridgehead atoms. The number of hydrogen-bond acceptors (Lipinski definition) is 4. The number of nitrogens with zero attached hydrogens (tertiary/aromatic N) is 3. The highest BCUT2D eigenvalue weighted by Crippen LogP contribution is 2.32. The summed E-state index contributed by atoms with van der Waals surface area (Å²) in [6.07, 6.45) is 0.729. The molecular formula is C19H25N3O3. The van der Waals surface area contributed by atoms with Gasteiger partial charge < -0.3 is 14.4 Å². The predicted molar refractivity (Wildman–Crippen MR) is 94.7 cm³/mol. The van der Waals surface area contributed by atoms with Crippen LogP contribution in [0.2, 0.25) is 0 Å². The molecule has 1 aliphatic rings. The normalized spacial score (nSPS) is 19.4. The van der Waals surface area contributed by atoms with Crippen molar-refractivity contribution in [2.45, 2.75) is 39.0 Å². The van der Waals surface area contributed by atoms with Crippen molar-refractivity contribution in [3.8, 4) is 5.75 Å². The molecule has 0 aliphatic carbocycles. The summed E-state index contributed by atoms with van der Waals surface area (Å²) in [5.41, 5.74) is 3.49. The second kappa shape index (κ2) is 6.88. The SMILES string of the molecule is COc1ccccc1CN(C)C(=O)c1nn(C)c2c1C[C@H](C)O[C@@H]2C. The van der Waals surface area contributed by atoms with Crippen molar-refractivity contribution < 1.29 is 14.3 Å². The van der Waals surface area contributed by atoms with E-state index in [2.05, 4.69) is 5.10 Å². The van der Waals surface area contributed by atoms with E-state index in [9.17, 15) is 4.79 Å². The first-order chi connectivity index (χ1) is 11.9. The Morgan fingerprint density at radius 1 is 1.40 bits per heavy atom. The number of carbonyl (C=O) groups excluding carboxylic acids is 1. The monoisotopic (exact) mass is 343 g/mol. The van der Waals surface area contributed by atoms with Crippen molar-refractivity contribution >= 4 is 5.91 Å². The van der Waals surface area contributed by atoms with Gasteiger partial charge in [0, 0.05) is 38.2 Å². The van der Waals surface area contributed by atoms with E-state index in [4.69, 9.17) is 9.47 Å². The Morgan fingerprint density at radius 3 is 2.84 bits per heavy atom. The Morgan fingerprint density at radius 2 is 2.12 bits per heavy atom. The highest BCUT2D eigenvalue weighted by molar-refractivity contribution is 5.94. The van der Waals surface area contributed by atoms with Crippen LogP contribution in [0.15, 0.2) is 24.3 Å². The molecule has 134 valence electrons. The third-order valence-electron chi connectivity index (χ3n) is 4.66. The van der Waals surface area contributed by atoms with Crippen LogP contribution in [0.1, 0.15) is 47.3 Å². The average molecular weight is 343 g/mol. The molecule has 0 fully saturated rings. The van der Waals surface area contributed by atoms with Crippen molar-refractivity contribution in [2.24, 2.45) is 7.05 Å². The zero-order valence-electron chi connectivity index (χ0n) is 15.4. The van der Waals surface area contributed by atoms with Gasteiger partial charge in [-0.3, -0.25) is 9.48 Å². The van der Waals surface area contributed by atoms with Gasteiger partial charge in [-0.15, -0.1) is 0 Å². The maximum Gasteiger partial charge on any atom is 0.274 e. The van der Waals surface area contributed by atoms with E-state index in [1.165, 1.54) is 0 Å². The number of fused-ring (bicyclic) bond motifs is 1. The van der Waals surface area contributed by atoms with Gasteiger partial charge in [-0.1, -0.05) is 18.2 Å². The van der Waals surface area contributed by atoms with Gasteiger partial charge in [0.15, 0.2) is 5.69 Å². The molecule has 2 atom stereocenters. The lowest BCUT2D eigenvalue weighted by atomic mass is 9.99. The van der Waals surface area contributed by atoms with Crippen LogP contribution < -0.4 is 4.74 Å². The molecule has 1 amide bonds. The van der Waals surface area contributed by atoms with Gasteiger partial charge in [0.2, 0.25) is 0 Å². The third kappa shape index (κ3) is 3.26. The van der Waals surface area contributed by atoms with Crippen LogP contribution in [0.5, 0.6) is 5.75 Å². The molecule has 0 unspecified atom stereocenters. The number of methoxy groups -OCH3 is 1. The summed E-state index contributed by atoms with van der Waals surface area (Å²) >= 11 is 0. The van der Waals surface area contributed by atoms with Gasteiger partial charge in [0.05, 0.1) is 25.0 Å². The van der Waals surface area contributed by atoms with E-state index in [-0.39, 0.29) is 18.1 Å². The molecule has 25 heavy (non-hydrogen) atoms. The van der Waals surface area contributed by atoms with Crippen LogP contribution in [-0.4, -0.2) is 40.8 Å². The number of aromatic nitrogens is 2. The van der Waals surface area contributed by atoms with Gasteiger partial charge in [-0.25, -0.2) is 0 Å². The number of rotatable bonds is 4. The fraction of sp³-hybridized carbons (Fsp3) is 0.474. The number of ether oxygens (including phenoxy) is 2. The molecule has 6 nitrogen and oxygen atoms in total. The summed E-state index contributed by atoms with van der Waals surface area (Å²) in [4.78, 5) is 14.7. The average Bonchev–Trinajstić information content (AvgIpc) is 2.91. The minimum absolute atomic E-state index is 0.0580. The van der Waals surface area contributed by atoms with Gasteiger partial charge in [-0.05, 0) is 19.9 Å². The number of carbonyl (C=O) groups is 1. The number of benzene rings is 1. The second-order valence-corrected chi connectivity index (χ2v) is 6.60. The molecule has 0 N–H and O–H groups in total. The molecule has 0 spiro atoms. The molecule has 1 aromatic heterocycles. The third-order valence-corrected chi connectivity index (χ3v) is 4.66. The number of aryl methyl sites for hydroxylation is 1. The summed E-state index contributed by atoms with van der Waals surface area (Å²) in [5, 5.41) is 4.50. The summed E-state index contributed by atoms with van der Waals surface area (Å²) < 4.78 is 13.0. The maximum absolute atomic E-state index is 13.0. The molecule has 2 aromatic rings. The lowest BCUT2D eigenvalue weighted by molar-refractivity contribution is -0.00906. The highest BCUT2D eigenvalue weighted by atomic mass is 16.5. The fourth-order valence-corrected chi connectivity index (χ4v) is 3.55. The van der Waals surface area contributed by atoms with Crippen molar-refractivity contribution in [1.29, 1.82) is 0 Å². The topological polar surface area (TPSA) is 56.6 Å². The van der Waals surface area contributed by atoms with E-state index < -0.39 is 0 Å². The highest BCUT2D eigenvalue weighted by Gasteiger charge is 2.32. The zero-order valence-corrected chi connectivity index (χ0v) is 15.4. The van der Waals surface area contributed by atoms with Gasteiger partial charge in [0.1, 0.15) is 5.75 Å². The Labute approximate surface area is 148 Å². The number of amides is 1. The first-order valence-electron chi connectivity index (χ1n) is 8.51. The first kappa shape index (κ1) is 17.5. The van der Waals surface area contributed by atoms with Crippen LogP contribution in [0, 0.1) is 0 Å². The largest absolute Gasteiger partial charge is 0.496 e. The maximum atomic E-state index is 13.0. The Balaban J connectivity index is 1.87. The lowest BCUT2D eigenvalue weighted by Gasteiger charge is -2.26. The second-order valence-electron chi connectivity index (χ2n) is 6.60. The number of para-hydroxylation sites is 1. The van der Waals surface area contributed by atoms with Crippen molar-refractivity contribution in [3.05, 3.63) is 46.8 Å². The smallest absolute Gasteiger partial charge is 0.274 e. The summed E-state index contributed by atoms with van der Waals surface area (Å²) in [5.74, 6) is 0.699. The summed E-state index contributed by atoms with van der Waals surface area (Å²) in [6.45, 7) is 4.50. The van der Waals surface area contributed by atoms with Crippen LogP contribution >= 0.6 is 0 Å². The number of hydrogen-bond donors (Lipinski definition) is 0. The van der Waals surface area contributed by atoms with E-state index >= 15 is 0 Å². The molecule has 2 heterocycles.